The smallest absolute Gasteiger partial charge is 0.0951 e. The second-order valence-electron chi connectivity index (χ2n) is 4.43. The summed E-state index contributed by atoms with van der Waals surface area (Å²) in [5, 5.41) is 0. The predicted octanol–water partition coefficient (Wildman–Crippen LogP) is 2.14. The molecule has 0 aliphatic carbocycles. The summed E-state index contributed by atoms with van der Waals surface area (Å²) in [6.07, 6.45) is 2.62. The van der Waals surface area contributed by atoms with Crippen molar-refractivity contribution in [3.8, 4) is 0 Å². The maximum absolute atomic E-state index is 12.2. The quantitative estimate of drug-likeness (QED) is 0.852. The van der Waals surface area contributed by atoms with Gasteiger partial charge in [0.25, 0.3) is 0 Å². The van der Waals surface area contributed by atoms with Crippen molar-refractivity contribution in [1.29, 1.82) is 0 Å². The van der Waals surface area contributed by atoms with Gasteiger partial charge in [-0.25, -0.2) is 4.98 Å². The van der Waals surface area contributed by atoms with E-state index in [2.05, 4.69) is 16.5 Å². The van der Waals surface area contributed by atoms with E-state index in [0.29, 0.717) is 11.4 Å². The molecule has 1 aromatic heterocycles. The molecule has 2 N–H and O–H groups in total. The SMILES string of the molecule is CCn1cnc(C)c1CC[S@](=O)c1ccc(N)cc1. The highest BCUT2D eigenvalue weighted by Crippen LogP contribution is 2.13. The van der Waals surface area contributed by atoms with Gasteiger partial charge in [0.1, 0.15) is 0 Å². The normalized spacial score (nSPS) is 12.5. The molecule has 0 spiro atoms. The monoisotopic (exact) mass is 277 g/mol. The van der Waals surface area contributed by atoms with Crippen LogP contribution in [0.2, 0.25) is 0 Å². The van der Waals surface area contributed by atoms with Gasteiger partial charge in [-0.05, 0) is 38.1 Å². The molecule has 2 aromatic rings. The van der Waals surface area contributed by atoms with Crippen LogP contribution in [0.3, 0.4) is 0 Å². The molecule has 2 rings (SSSR count). The van der Waals surface area contributed by atoms with Gasteiger partial charge >= 0.3 is 0 Å². The third-order valence-electron chi connectivity index (χ3n) is 3.16. The highest BCUT2D eigenvalue weighted by molar-refractivity contribution is 7.85. The lowest BCUT2D eigenvalue weighted by molar-refractivity contribution is 0.678. The molecule has 1 atom stereocenters. The minimum Gasteiger partial charge on any atom is -0.399 e. The average molecular weight is 277 g/mol. The number of hydrogen-bond acceptors (Lipinski definition) is 3. The number of aromatic nitrogens is 2. The Bertz CT molecular complexity index is 575. The van der Waals surface area contributed by atoms with Crippen LogP contribution in [0.1, 0.15) is 18.3 Å². The lowest BCUT2D eigenvalue weighted by Gasteiger charge is -2.07. The lowest BCUT2D eigenvalue weighted by Crippen LogP contribution is -2.07. The van der Waals surface area contributed by atoms with Crippen molar-refractivity contribution in [2.45, 2.75) is 31.7 Å². The number of imidazole rings is 1. The van der Waals surface area contributed by atoms with Crippen molar-refractivity contribution < 1.29 is 4.21 Å². The molecular formula is C14H19N3OS. The summed E-state index contributed by atoms with van der Waals surface area (Å²) >= 11 is 0. The summed E-state index contributed by atoms with van der Waals surface area (Å²) < 4.78 is 14.3. The highest BCUT2D eigenvalue weighted by atomic mass is 32.2. The first-order chi connectivity index (χ1) is 9.11. The Kier molecular flexibility index (Phi) is 4.37. The maximum atomic E-state index is 12.2. The fourth-order valence-electron chi connectivity index (χ4n) is 2.03. The molecule has 0 fully saturated rings. The van der Waals surface area contributed by atoms with Crippen molar-refractivity contribution >= 4 is 16.5 Å². The first-order valence-corrected chi connectivity index (χ1v) is 7.68. The molecule has 0 aliphatic rings. The molecular weight excluding hydrogens is 258 g/mol. The second-order valence-corrected chi connectivity index (χ2v) is 6.00. The molecule has 0 unspecified atom stereocenters. The van der Waals surface area contributed by atoms with Gasteiger partial charge in [-0.2, -0.15) is 0 Å². The van der Waals surface area contributed by atoms with Crippen molar-refractivity contribution in [1.82, 2.24) is 9.55 Å². The van der Waals surface area contributed by atoms with Crippen LogP contribution < -0.4 is 5.73 Å². The standard InChI is InChI=1S/C14H19N3OS/c1-3-17-10-16-11(2)14(17)8-9-19(18)13-6-4-12(15)5-7-13/h4-7,10H,3,8-9,15H2,1-2H3/t19-/m0/s1. The van der Waals surface area contributed by atoms with Crippen LogP contribution in [0.25, 0.3) is 0 Å². The van der Waals surface area contributed by atoms with Crippen LogP contribution >= 0.6 is 0 Å². The first kappa shape index (κ1) is 13.8. The Labute approximate surface area is 116 Å². The number of aryl methyl sites for hydroxylation is 2. The van der Waals surface area contributed by atoms with Crippen molar-refractivity contribution in [3.05, 3.63) is 42.0 Å². The van der Waals surface area contributed by atoms with E-state index in [1.807, 2.05) is 25.4 Å². The van der Waals surface area contributed by atoms with E-state index in [1.54, 1.807) is 12.1 Å². The third-order valence-corrected chi connectivity index (χ3v) is 4.54. The molecule has 0 radical (unpaired) electrons. The molecule has 0 bridgehead atoms. The van der Waals surface area contributed by atoms with Gasteiger partial charge in [-0.3, -0.25) is 4.21 Å². The number of benzene rings is 1. The van der Waals surface area contributed by atoms with E-state index in [1.165, 1.54) is 5.69 Å². The second kappa shape index (κ2) is 6.02. The molecule has 0 amide bonds. The van der Waals surface area contributed by atoms with Gasteiger partial charge in [0.15, 0.2) is 0 Å². The van der Waals surface area contributed by atoms with E-state index >= 15 is 0 Å². The van der Waals surface area contributed by atoms with Crippen LogP contribution in [0.4, 0.5) is 5.69 Å². The minimum atomic E-state index is -0.991. The largest absolute Gasteiger partial charge is 0.399 e. The van der Waals surface area contributed by atoms with E-state index < -0.39 is 10.8 Å². The van der Waals surface area contributed by atoms with E-state index in [-0.39, 0.29) is 0 Å². The van der Waals surface area contributed by atoms with Crippen LogP contribution in [0.15, 0.2) is 35.5 Å². The summed E-state index contributed by atoms with van der Waals surface area (Å²) in [6, 6.07) is 7.23. The number of nitrogens with zero attached hydrogens (tertiary/aromatic N) is 2. The zero-order chi connectivity index (χ0) is 13.8. The van der Waals surface area contributed by atoms with Gasteiger partial charge in [0, 0.05) is 35.0 Å². The summed E-state index contributed by atoms with van der Waals surface area (Å²) in [7, 11) is -0.991. The molecule has 5 heteroatoms. The van der Waals surface area contributed by atoms with Gasteiger partial charge in [0.2, 0.25) is 0 Å². The molecule has 19 heavy (non-hydrogen) atoms. The third kappa shape index (κ3) is 3.23. The van der Waals surface area contributed by atoms with Crippen molar-refractivity contribution in [2.75, 3.05) is 11.5 Å². The lowest BCUT2D eigenvalue weighted by atomic mass is 10.3. The van der Waals surface area contributed by atoms with Gasteiger partial charge < -0.3 is 10.3 Å². The zero-order valence-corrected chi connectivity index (χ0v) is 12.1. The number of rotatable bonds is 5. The molecule has 1 heterocycles. The topological polar surface area (TPSA) is 60.9 Å². The zero-order valence-electron chi connectivity index (χ0n) is 11.3. The Balaban J connectivity index is 2.04. The van der Waals surface area contributed by atoms with Gasteiger partial charge in [-0.15, -0.1) is 0 Å². The molecule has 1 aromatic carbocycles. The van der Waals surface area contributed by atoms with Crippen LogP contribution in [-0.4, -0.2) is 19.5 Å². The average Bonchev–Trinajstić information content (AvgIpc) is 2.77. The molecule has 0 aliphatic heterocycles. The summed E-state index contributed by atoms with van der Waals surface area (Å²) in [5.74, 6) is 0.608. The molecule has 4 nitrogen and oxygen atoms in total. The van der Waals surface area contributed by atoms with E-state index in [0.717, 1.165) is 23.6 Å². The minimum absolute atomic E-state index is 0.608. The summed E-state index contributed by atoms with van der Waals surface area (Å²) in [6.45, 7) is 4.97. The number of nitrogen functional groups attached to an aromatic ring is 1. The molecule has 0 saturated carbocycles. The molecule has 0 saturated heterocycles. The predicted molar refractivity (Wildman–Crippen MR) is 78.5 cm³/mol. The van der Waals surface area contributed by atoms with Crippen LogP contribution in [0, 0.1) is 6.92 Å². The van der Waals surface area contributed by atoms with Crippen LogP contribution in [0.5, 0.6) is 0 Å². The maximum Gasteiger partial charge on any atom is 0.0951 e. The Hall–Kier alpha value is -1.62. The highest BCUT2D eigenvalue weighted by Gasteiger charge is 2.09. The fourth-order valence-corrected chi connectivity index (χ4v) is 3.09. The Morgan fingerprint density at radius 2 is 2.00 bits per heavy atom. The summed E-state index contributed by atoms with van der Waals surface area (Å²) in [5.41, 5.74) is 8.52. The van der Waals surface area contributed by atoms with Gasteiger partial charge in [-0.1, -0.05) is 0 Å². The van der Waals surface area contributed by atoms with Crippen molar-refractivity contribution in [2.24, 2.45) is 0 Å². The fraction of sp³-hybridized carbons (Fsp3) is 0.357. The van der Waals surface area contributed by atoms with Crippen molar-refractivity contribution in [3.63, 3.8) is 0 Å². The van der Waals surface area contributed by atoms with E-state index in [4.69, 9.17) is 5.73 Å². The van der Waals surface area contributed by atoms with Crippen LogP contribution in [-0.2, 0) is 23.8 Å². The van der Waals surface area contributed by atoms with Gasteiger partial charge in [0.05, 0.1) is 22.8 Å². The van der Waals surface area contributed by atoms with E-state index in [9.17, 15) is 4.21 Å². The summed E-state index contributed by atoms with van der Waals surface area (Å²) in [4.78, 5) is 5.13. The first-order valence-electron chi connectivity index (χ1n) is 6.36. The molecule has 102 valence electrons. The Morgan fingerprint density at radius 1 is 1.32 bits per heavy atom. The number of nitrogens with two attached hydrogens (primary N) is 1. The number of hydrogen-bond donors (Lipinski definition) is 1. The number of anilines is 1. The Morgan fingerprint density at radius 3 is 2.63 bits per heavy atom.